The van der Waals surface area contributed by atoms with Crippen molar-refractivity contribution in [3.8, 4) is 11.1 Å². The third-order valence-corrected chi connectivity index (χ3v) is 4.67. The monoisotopic (exact) mass is 429 g/mol. The first-order valence-electron chi connectivity index (χ1n) is 8.94. The molecule has 2 aromatic carbocycles. The van der Waals surface area contributed by atoms with E-state index in [1.54, 1.807) is 12.1 Å². The van der Waals surface area contributed by atoms with Crippen LogP contribution in [0.4, 0.5) is 5.69 Å². The largest absolute Gasteiger partial charge is 0.479 e. The number of anilines is 1. The third-order valence-electron chi connectivity index (χ3n) is 4.50. The first kappa shape index (κ1) is 21.3. The molecule has 1 aromatic heterocycles. The second-order valence-corrected chi connectivity index (χ2v) is 7.19. The van der Waals surface area contributed by atoms with Crippen LogP contribution in [-0.2, 0) is 4.79 Å². The van der Waals surface area contributed by atoms with Crippen molar-refractivity contribution in [3.05, 3.63) is 65.7 Å². The van der Waals surface area contributed by atoms with Crippen LogP contribution in [0, 0.1) is 0 Å². The number of aromatic amines is 1. The Kier molecular flexibility index (Phi) is 6.04. The first-order valence-corrected chi connectivity index (χ1v) is 9.31. The molecule has 0 aliphatic heterocycles. The SMILES string of the molecule is CN(C(=O)c1n[nH]c(Cl)n1)N(CC(C)(O)C(=O)O)c1ccc(-c2ccccc2)cc1. The van der Waals surface area contributed by atoms with Crippen LogP contribution in [0.1, 0.15) is 17.5 Å². The molecule has 1 atom stereocenters. The summed E-state index contributed by atoms with van der Waals surface area (Å²) in [6.45, 7) is 0.760. The molecule has 0 aliphatic rings. The summed E-state index contributed by atoms with van der Waals surface area (Å²) < 4.78 is 0. The Balaban J connectivity index is 1.94. The lowest BCUT2D eigenvalue weighted by atomic mass is 10.0. The number of aromatic nitrogens is 3. The zero-order valence-corrected chi connectivity index (χ0v) is 17.0. The minimum absolute atomic E-state index is 0.0527. The molecular formula is C20H20ClN5O4. The average Bonchev–Trinajstić information content (AvgIpc) is 3.18. The summed E-state index contributed by atoms with van der Waals surface area (Å²) in [6.07, 6.45) is 0. The van der Waals surface area contributed by atoms with E-state index in [2.05, 4.69) is 15.2 Å². The van der Waals surface area contributed by atoms with E-state index in [1.165, 1.54) is 12.1 Å². The van der Waals surface area contributed by atoms with Crippen LogP contribution in [0.2, 0.25) is 5.28 Å². The summed E-state index contributed by atoms with van der Waals surface area (Å²) in [6, 6.07) is 16.8. The number of hydrogen-bond acceptors (Lipinski definition) is 6. The molecular weight excluding hydrogens is 410 g/mol. The Bertz CT molecular complexity index is 1040. The number of H-pyrrole nitrogens is 1. The standard InChI is InChI=1S/C20H20ClN5O4/c1-20(30,18(28)29)12-26(25(2)17(27)16-22-19(21)24-23-16)15-10-8-14(9-11-15)13-6-4-3-5-7-13/h3-11,30H,12H2,1-2H3,(H,28,29)(H,22,23,24). The third kappa shape index (κ3) is 4.58. The number of benzene rings is 2. The van der Waals surface area contributed by atoms with Crippen molar-refractivity contribution in [2.45, 2.75) is 12.5 Å². The van der Waals surface area contributed by atoms with E-state index >= 15 is 0 Å². The van der Waals surface area contributed by atoms with Crippen molar-refractivity contribution < 1.29 is 19.8 Å². The predicted molar refractivity (Wildman–Crippen MR) is 111 cm³/mol. The van der Waals surface area contributed by atoms with E-state index < -0.39 is 24.0 Å². The number of hydrogen-bond donors (Lipinski definition) is 3. The summed E-state index contributed by atoms with van der Waals surface area (Å²) in [4.78, 5) is 28.0. The maximum absolute atomic E-state index is 12.8. The van der Waals surface area contributed by atoms with E-state index in [9.17, 15) is 19.8 Å². The highest BCUT2D eigenvalue weighted by Gasteiger charge is 2.36. The second kappa shape index (κ2) is 8.52. The first-order chi connectivity index (χ1) is 14.2. The van der Waals surface area contributed by atoms with Crippen molar-refractivity contribution in [3.63, 3.8) is 0 Å². The maximum atomic E-state index is 12.8. The van der Waals surface area contributed by atoms with Gasteiger partial charge < -0.3 is 10.2 Å². The molecule has 0 saturated heterocycles. The Labute approximate surface area is 177 Å². The van der Waals surface area contributed by atoms with Gasteiger partial charge in [0.1, 0.15) is 0 Å². The van der Waals surface area contributed by atoms with Crippen molar-refractivity contribution in [1.29, 1.82) is 0 Å². The van der Waals surface area contributed by atoms with Crippen molar-refractivity contribution in [1.82, 2.24) is 20.2 Å². The highest BCUT2D eigenvalue weighted by Crippen LogP contribution is 2.25. The fraction of sp³-hybridized carbons (Fsp3) is 0.200. The maximum Gasteiger partial charge on any atom is 0.337 e. The molecule has 3 rings (SSSR count). The fourth-order valence-corrected chi connectivity index (χ4v) is 2.90. The van der Waals surface area contributed by atoms with E-state index in [-0.39, 0.29) is 11.1 Å². The van der Waals surface area contributed by atoms with Gasteiger partial charge in [0, 0.05) is 7.05 Å². The van der Waals surface area contributed by atoms with Crippen LogP contribution >= 0.6 is 11.6 Å². The Hall–Kier alpha value is -3.43. The number of hydrazine groups is 1. The highest BCUT2D eigenvalue weighted by atomic mass is 35.5. The Morgan fingerprint density at radius 2 is 1.70 bits per heavy atom. The predicted octanol–water partition coefficient (Wildman–Crippen LogP) is 2.45. The molecule has 3 N–H and O–H groups in total. The van der Waals surface area contributed by atoms with Gasteiger partial charge in [-0.05, 0) is 41.8 Å². The number of carbonyl (C=O) groups excluding carboxylic acids is 1. The van der Waals surface area contributed by atoms with Crippen LogP contribution in [-0.4, -0.2) is 61.5 Å². The summed E-state index contributed by atoms with van der Waals surface area (Å²) in [5.74, 6) is -2.25. The number of nitrogens with one attached hydrogen (secondary N) is 1. The minimum Gasteiger partial charge on any atom is -0.479 e. The lowest BCUT2D eigenvalue weighted by molar-refractivity contribution is -0.155. The molecule has 0 bridgehead atoms. The molecule has 0 spiro atoms. The lowest BCUT2D eigenvalue weighted by Gasteiger charge is -2.36. The number of amides is 1. The zero-order chi connectivity index (χ0) is 21.9. The molecule has 156 valence electrons. The van der Waals surface area contributed by atoms with Gasteiger partial charge in [0.25, 0.3) is 0 Å². The van der Waals surface area contributed by atoms with Crippen LogP contribution in [0.25, 0.3) is 11.1 Å². The number of nitrogens with zero attached hydrogens (tertiary/aromatic N) is 4. The van der Waals surface area contributed by atoms with E-state index in [0.717, 1.165) is 23.1 Å². The van der Waals surface area contributed by atoms with Crippen molar-refractivity contribution >= 4 is 29.2 Å². The van der Waals surface area contributed by atoms with Crippen LogP contribution in [0.5, 0.6) is 0 Å². The number of carboxylic acids is 1. The minimum atomic E-state index is -2.12. The van der Waals surface area contributed by atoms with Gasteiger partial charge in [-0.1, -0.05) is 42.5 Å². The summed E-state index contributed by atoms with van der Waals surface area (Å²) in [5.41, 5.74) is 0.323. The van der Waals surface area contributed by atoms with Gasteiger partial charge in [-0.25, -0.2) is 14.9 Å². The molecule has 1 unspecified atom stereocenters. The van der Waals surface area contributed by atoms with Gasteiger partial charge in [-0.2, -0.15) is 4.98 Å². The molecule has 0 aliphatic carbocycles. The summed E-state index contributed by atoms with van der Waals surface area (Å²) in [7, 11) is 1.43. The number of carbonyl (C=O) groups is 2. The van der Waals surface area contributed by atoms with Crippen molar-refractivity contribution in [2.24, 2.45) is 0 Å². The van der Waals surface area contributed by atoms with Crippen LogP contribution < -0.4 is 5.01 Å². The molecule has 10 heteroatoms. The molecule has 0 radical (unpaired) electrons. The normalized spacial score (nSPS) is 12.8. The van der Waals surface area contributed by atoms with Gasteiger partial charge in [-0.3, -0.25) is 9.80 Å². The van der Waals surface area contributed by atoms with E-state index in [1.807, 2.05) is 42.5 Å². The zero-order valence-electron chi connectivity index (χ0n) is 16.3. The smallest absolute Gasteiger partial charge is 0.337 e. The second-order valence-electron chi connectivity index (χ2n) is 6.83. The number of rotatable bonds is 7. The fourth-order valence-electron chi connectivity index (χ4n) is 2.78. The Morgan fingerprint density at radius 1 is 1.10 bits per heavy atom. The number of carboxylic acid groups (broad SMARTS) is 1. The number of aliphatic carboxylic acids is 1. The molecule has 9 nitrogen and oxygen atoms in total. The van der Waals surface area contributed by atoms with Gasteiger partial charge >= 0.3 is 11.9 Å². The van der Waals surface area contributed by atoms with Crippen molar-refractivity contribution in [2.75, 3.05) is 18.6 Å². The quantitative estimate of drug-likeness (QED) is 0.493. The highest BCUT2D eigenvalue weighted by molar-refractivity contribution is 6.28. The van der Waals surface area contributed by atoms with Gasteiger partial charge in [0.05, 0.1) is 12.2 Å². The molecule has 1 heterocycles. The van der Waals surface area contributed by atoms with E-state index in [0.29, 0.717) is 5.69 Å². The molecule has 3 aromatic rings. The lowest BCUT2D eigenvalue weighted by Crippen LogP contribution is -2.54. The van der Waals surface area contributed by atoms with Gasteiger partial charge in [-0.15, -0.1) is 5.10 Å². The molecule has 0 fully saturated rings. The molecule has 1 amide bonds. The summed E-state index contributed by atoms with van der Waals surface area (Å²) in [5, 5.41) is 28.2. The number of aliphatic hydroxyl groups is 1. The van der Waals surface area contributed by atoms with Gasteiger partial charge in [0.15, 0.2) is 5.60 Å². The molecule has 30 heavy (non-hydrogen) atoms. The Morgan fingerprint density at radius 3 is 2.23 bits per heavy atom. The van der Waals surface area contributed by atoms with Crippen LogP contribution in [0.15, 0.2) is 54.6 Å². The van der Waals surface area contributed by atoms with Gasteiger partial charge in [0.2, 0.25) is 11.1 Å². The topological polar surface area (TPSA) is 123 Å². The van der Waals surface area contributed by atoms with Crippen LogP contribution in [0.3, 0.4) is 0 Å². The molecule has 0 saturated carbocycles. The summed E-state index contributed by atoms with van der Waals surface area (Å²) >= 11 is 5.70. The van der Waals surface area contributed by atoms with E-state index in [4.69, 9.17) is 11.6 Å². The number of halogens is 1. The average molecular weight is 430 g/mol.